The van der Waals surface area contributed by atoms with Crippen LogP contribution in [0.1, 0.15) is 35.9 Å². The maximum Gasteiger partial charge on any atom is 0.412 e. The summed E-state index contributed by atoms with van der Waals surface area (Å²) in [6.07, 6.45) is 1.50. The number of carbonyl (C=O) groups is 3. The van der Waals surface area contributed by atoms with Crippen molar-refractivity contribution in [2.75, 3.05) is 29.6 Å². The minimum atomic E-state index is -0.782. The Morgan fingerprint density at radius 1 is 1.00 bits per heavy atom. The second-order valence-electron chi connectivity index (χ2n) is 8.52. The van der Waals surface area contributed by atoms with Crippen LogP contribution in [-0.2, 0) is 9.53 Å². The number of para-hydroxylation sites is 2. The molecule has 9 nitrogen and oxygen atoms in total. The first-order valence-electron chi connectivity index (χ1n) is 12.0. The SMILES string of the molecule is CC(=O)c1ccc(NC(=O)O[C@@H](c2cccc(OCCO)c2)[C@H](C)/C=C/C(=O)Nc2ccccc2N)cc1. The molecule has 0 unspecified atom stereocenters. The third-order valence-corrected chi connectivity index (χ3v) is 5.57. The van der Waals surface area contributed by atoms with Crippen LogP contribution in [0.25, 0.3) is 0 Å². The number of benzene rings is 3. The van der Waals surface area contributed by atoms with Gasteiger partial charge in [0.15, 0.2) is 5.78 Å². The van der Waals surface area contributed by atoms with Crippen molar-refractivity contribution in [1.29, 1.82) is 0 Å². The van der Waals surface area contributed by atoms with Gasteiger partial charge in [-0.3, -0.25) is 14.9 Å². The Labute approximate surface area is 221 Å². The molecule has 2 amide bonds. The molecule has 0 aromatic heterocycles. The van der Waals surface area contributed by atoms with Crippen molar-refractivity contribution in [3.8, 4) is 5.75 Å². The molecule has 0 heterocycles. The van der Waals surface area contributed by atoms with E-state index in [9.17, 15) is 14.4 Å². The van der Waals surface area contributed by atoms with E-state index in [1.165, 1.54) is 13.0 Å². The number of ether oxygens (including phenoxy) is 2. The molecule has 9 heteroatoms. The second-order valence-corrected chi connectivity index (χ2v) is 8.52. The molecule has 0 fully saturated rings. The maximum atomic E-state index is 12.8. The average Bonchev–Trinajstić information content (AvgIpc) is 2.91. The Balaban J connectivity index is 1.77. The minimum Gasteiger partial charge on any atom is -0.491 e. The van der Waals surface area contributed by atoms with Crippen molar-refractivity contribution >= 4 is 34.8 Å². The van der Waals surface area contributed by atoms with Gasteiger partial charge < -0.3 is 25.6 Å². The number of anilines is 3. The van der Waals surface area contributed by atoms with Gasteiger partial charge in [0.1, 0.15) is 18.5 Å². The number of nitrogens with one attached hydrogen (secondary N) is 2. The molecule has 3 rings (SSSR count). The number of aliphatic hydroxyl groups excluding tert-OH is 1. The number of ketones is 1. The summed E-state index contributed by atoms with van der Waals surface area (Å²) >= 11 is 0. The van der Waals surface area contributed by atoms with Crippen LogP contribution in [0.15, 0.2) is 84.9 Å². The monoisotopic (exact) mass is 517 g/mol. The van der Waals surface area contributed by atoms with Gasteiger partial charge in [0.2, 0.25) is 5.91 Å². The molecular formula is C29H31N3O6. The molecule has 0 aliphatic rings. The highest BCUT2D eigenvalue weighted by Crippen LogP contribution is 2.30. The lowest BCUT2D eigenvalue weighted by Crippen LogP contribution is -2.21. The fourth-order valence-electron chi connectivity index (χ4n) is 3.60. The van der Waals surface area contributed by atoms with Gasteiger partial charge in [-0.1, -0.05) is 37.3 Å². The Hall–Kier alpha value is -4.63. The first-order chi connectivity index (χ1) is 18.3. The largest absolute Gasteiger partial charge is 0.491 e. The van der Waals surface area contributed by atoms with E-state index in [1.54, 1.807) is 78.9 Å². The van der Waals surface area contributed by atoms with Gasteiger partial charge in [0, 0.05) is 17.2 Å². The van der Waals surface area contributed by atoms with E-state index in [0.29, 0.717) is 33.9 Å². The third-order valence-electron chi connectivity index (χ3n) is 5.57. The Morgan fingerprint density at radius 3 is 2.42 bits per heavy atom. The highest BCUT2D eigenvalue weighted by molar-refractivity contribution is 6.01. The topological polar surface area (TPSA) is 140 Å². The molecule has 0 bridgehead atoms. The fourth-order valence-corrected chi connectivity index (χ4v) is 3.60. The number of nitrogens with two attached hydrogens (primary N) is 1. The van der Waals surface area contributed by atoms with Gasteiger partial charge in [-0.15, -0.1) is 0 Å². The molecular weight excluding hydrogens is 486 g/mol. The van der Waals surface area contributed by atoms with Crippen LogP contribution < -0.4 is 21.1 Å². The van der Waals surface area contributed by atoms with Crippen LogP contribution in [0.4, 0.5) is 21.9 Å². The summed E-state index contributed by atoms with van der Waals surface area (Å²) in [5, 5.41) is 14.5. The lowest BCUT2D eigenvalue weighted by atomic mass is 9.96. The molecule has 0 radical (unpaired) electrons. The van der Waals surface area contributed by atoms with Crippen molar-refractivity contribution < 1.29 is 29.0 Å². The van der Waals surface area contributed by atoms with Crippen molar-refractivity contribution in [3.63, 3.8) is 0 Å². The van der Waals surface area contributed by atoms with Crippen LogP contribution in [0.2, 0.25) is 0 Å². The van der Waals surface area contributed by atoms with Crippen molar-refractivity contribution in [2.45, 2.75) is 20.0 Å². The standard InChI is InChI=1S/C29H31N3O6/c1-19(10-15-27(35)32-26-9-4-3-8-25(26)30)28(22-6-5-7-24(18-22)37-17-16-33)38-29(36)31-23-13-11-21(12-14-23)20(2)34/h3-15,18-19,28,33H,16-17,30H2,1-2H3,(H,31,36)(H,32,35)/b15-10+/t19-,28-/m1/s1. The third kappa shape index (κ3) is 8.21. The summed E-state index contributed by atoms with van der Waals surface area (Å²) in [4.78, 5) is 36.8. The summed E-state index contributed by atoms with van der Waals surface area (Å²) in [7, 11) is 0. The Kier molecular flexibility index (Phi) is 10.0. The van der Waals surface area contributed by atoms with Crippen LogP contribution in [0.3, 0.4) is 0 Å². The van der Waals surface area contributed by atoms with E-state index in [2.05, 4.69) is 10.6 Å². The molecule has 2 atom stereocenters. The van der Waals surface area contributed by atoms with E-state index in [-0.39, 0.29) is 24.9 Å². The molecule has 198 valence electrons. The summed E-state index contributed by atoms with van der Waals surface area (Å²) in [5.74, 6) is -0.391. The van der Waals surface area contributed by atoms with E-state index >= 15 is 0 Å². The number of hydrogen-bond acceptors (Lipinski definition) is 7. The minimum absolute atomic E-state index is 0.0814. The van der Waals surface area contributed by atoms with Crippen LogP contribution in [0, 0.1) is 5.92 Å². The number of rotatable bonds is 11. The van der Waals surface area contributed by atoms with Crippen LogP contribution in [-0.4, -0.2) is 36.1 Å². The highest BCUT2D eigenvalue weighted by atomic mass is 16.6. The number of aliphatic hydroxyl groups is 1. The molecule has 0 spiro atoms. The van der Waals surface area contributed by atoms with Gasteiger partial charge in [0.25, 0.3) is 0 Å². The molecule has 5 N–H and O–H groups in total. The molecule has 3 aromatic carbocycles. The van der Waals surface area contributed by atoms with E-state index in [4.69, 9.17) is 20.3 Å². The molecule has 0 aliphatic carbocycles. The maximum absolute atomic E-state index is 12.8. The number of hydrogen-bond donors (Lipinski definition) is 4. The lowest BCUT2D eigenvalue weighted by molar-refractivity contribution is -0.111. The average molecular weight is 518 g/mol. The molecule has 0 saturated heterocycles. The molecule has 0 aliphatic heterocycles. The van der Waals surface area contributed by atoms with Gasteiger partial charge in [-0.2, -0.15) is 0 Å². The predicted molar refractivity (Wildman–Crippen MR) is 146 cm³/mol. The molecule has 38 heavy (non-hydrogen) atoms. The number of amides is 2. The summed E-state index contributed by atoms with van der Waals surface area (Å²) in [6.45, 7) is 3.24. The van der Waals surface area contributed by atoms with Gasteiger partial charge in [0.05, 0.1) is 18.0 Å². The van der Waals surface area contributed by atoms with Crippen LogP contribution >= 0.6 is 0 Å². The Bertz CT molecular complexity index is 1290. The molecule has 0 saturated carbocycles. The predicted octanol–water partition coefficient (Wildman–Crippen LogP) is 4.96. The first kappa shape index (κ1) is 27.9. The highest BCUT2D eigenvalue weighted by Gasteiger charge is 2.23. The zero-order valence-corrected chi connectivity index (χ0v) is 21.2. The number of carbonyl (C=O) groups excluding carboxylic acids is 3. The Morgan fingerprint density at radius 2 is 1.74 bits per heavy atom. The van der Waals surface area contributed by atoms with Gasteiger partial charge >= 0.3 is 6.09 Å². The number of nitrogen functional groups attached to an aromatic ring is 1. The first-order valence-corrected chi connectivity index (χ1v) is 12.0. The van der Waals surface area contributed by atoms with E-state index in [0.717, 1.165) is 0 Å². The summed E-state index contributed by atoms with van der Waals surface area (Å²) in [5.41, 5.74) is 8.44. The van der Waals surface area contributed by atoms with Crippen molar-refractivity contribution in [3.05, 3.63) is 96.1 Å². The summed E-state index contributed by atoms with van der Waals surface area (Å²) < 4.78 is 11.3. The summed E-state index contributed by atoms with van der Waals surface area (Å²) in [6, 6.07) is 20.3. The van der Waals surface area contributed by atoms with Crippen molar-refractivity contribution in [2.24, 2.45) is 5.92 Å². The van der Waals surface area contributed by atoms with Gasteiger partial charge in [-0.05, 0) is 67.1 Å². The van der Waals surface area contributed by atoms with Crippen molar-refractivity contribution in [1.82, 2.24) is 0 Å². The normalized spacial score (nSPS) is 12.4. The number of Topliss-reactive ketones (excluding diaryl/α,β-unsaturated/α-hetero) is 1. The zero-order chi connectivity index (χ0) is 27.5. The lowest BCUT2D eigenvalue weighted by Gasteiger charge is -2.23. The zero-order valence-electron chi connectivity index (χ0n) is 21.2. The smallest absolute Gasteiger partial charge is 0.412 e. The van der Waals surface area contributed by atoms with E-state index in [1.807, 2.05) is 6.92 Å². The van der Waals surface area contributed by atoms with E-state index < -0.39 is 18.1 Å². The quantitative estimate of drug-likeness (QED) is 0.160. The second kappa shape index (κ2) is 13.6. The van der Waals surface area contributed by atoms with Gasteiger partial charge in [-0.25, -0.2) is 4.79 Å². The van der Waals surface area contributed by atoms with Crippen LogP contribution in [0.5, 0.6) is 5.75 Å². The molecule has 3 aromatic rings. The fraction of sp³-hybridized carbons (Fsp3) is 0.207.